The van der Waals surface area contributed by atoms with Gasteiger partial charge in [0.05, 0.1) is 25.3 Å². The molecule has 5 nitrogen and oxygen atoms in total. The van der Waals surface area contributed by atoms with Gasteiger partial charge in [-0.2, -0.15) is 0 Å². The van der Waals surface area contributed by atoms with Crippen molar-refractivity contribution in [1.82, 2.24) is 10.2 Å². The van der Waals surface area contributed by atoms with Crippen LogP contribution >= 0.6 is 0 Å². The van der Waals surface area contributed by atoms with Gasteiger partial charge in [-0.25, -0.2) is 0 Å². The Kier molecular flexibility index (Phi) is 7.31. The zero-order chi connectivity index (χ0) is 19.8. The van der Waals surface area contributed by atoms with E-state index in [0.29, 0.717) is 24.5 Å². The number of piperidine rings is 1. The highest BCUT2D eigenvalue weighted by molar-refractivity contribution is 5.96. The SMILES string of the molecule is CCOc1ccccc1C(=O)NCC(c1ccc(OC)cc1)N1CCCCC1. The van der Waals surface area contributed by atoms with Crippen molar-refractivity contribution in [2.24, 2.45) is 0 Å². The van der Waals surface area contributed by atoms with Gasteiger partial charge in [0, 0.05) is 6.54 Å². The molecule has 0 radical (unpaired) electrons. The number of hydrogen-bond donors (Lipinski definition) is 1. The van der Waals surface area contributed by atoms with Gasteiger partial charge in [-0.15, -0.1) is 0 Å². The lowest BCUT2D eigenvalue weighted by Gasteiger charge is -2.35. The van der Waals surface area contributed by atoms with E-state index in [9.17, 15) is 4.79 Å². The smallest absolute Gasteiger partial charge is 0.255 e. The Morgan fingerprint density at radius 1 is 1.07 bits per heavy atom. The topological polar surface area (TPSA) is 50.8 Å². The fourth-order valence-corrected chi connectivity index (χ4v) is 3.73. The van der Waals surface area contributed by atoms with E-state index >= 15 is 0 Å². The van der Waals surface area contributed by atoms with Crippen molar-refractivity contribution >= 4 is 5.91 Å². The first-order valence-corrected chi connectivity index (χ1v) is 10.1. The molecule has 3 rings (SSSR count). The molecule has 0 aliphatic carbocycles. The van der Waals surface area contributed by atoms with Crippen molar-refractivity contribution in [2.75, 3.05) is 33.4 Å². The zero-order valence-electron chi connectivity index (χ0n) is 16.8. The van der Waals surface area contributed by atoms with Crippen LogP contribution in [0.2, 0.25) is 0 Å². The number of rotatable bonds is 8. The molecular weight excluding hydrogens is 352 g/mol. The summed E-state index contributed by atoms with van der Waals surface area (Å²) < 4.78 is 10.9. The number of para-hydroxylation sites is 1. The average Bonchev–Trinajstić information content (AvgIpc) is 2.75. The van der Waals surface area contributed by atoms with E-state index in [-0.39, 0.29) is 11.9 Å². The summed E-state index contributed by atoms with van der Waals surface area (Å²) in [5.74, 6) is 1.37. The lowest BCUT2D eigenvalue weighted by Crippen LogP contribution is -2.40. The average molecular weight is 383 g/mol. The van der Waals surface area contributed by atoms with E-state index in [2.05, 4.69) is 22.3 Å². The Morgan fingerprint density at radius 3 is 2.46 bits per heavy atom. The van der Waals surface area contributed by atoms with Gasteiger partial charge in [0.1, 0.15) is 11.5 Å². The minimum atomic E-state index is -0.0976. The molecule has 5 heteroatoms. The maximum Gasteiger partial charge on any atom is 0.255 e. The minimum Gasteiger partial charge on any atom is -0.497 e. The highest BCUT2D eigenvalue weighted by Gasteiger charge is 2.23. The Morgan fingerprint density at radius 2 is 1.79 bits per heavy atom. The van der Waals surface area contributed by atoms with Crippen LogP contribution in [0.3, 0.4) is 0 Å². The van der Waals surface area contributed by atoms with Crippen LogP contribution in [0.25, 0.3) is 0 Å². The van der Waals surface area contributed by atoms with E-state index < -0.39 is 0 Å². The van der Waals surface area contributed by atoms with Crippen LogP contribution < -0.4 is 14.8 Å². The van der Waals surface area contributed by atoms with Crippen molar-refractivity contribution in [3.63, 3.8) is 0 Å². The number of methoxy groups -OCH3 is 1. The molecule has 1 aliphatic rings. The maximum absolute atomic E-state index is 12.8. The number of carbonyl (C=O) groups is 1. The second kappa shape index (κ2) is 10.1. The van der Waals surface area contributed by atoms with Crippen molar-refractivity contribution in [3.8, 4) is 11.5 Å². The summed E-state index contributed by atoms with van der Waals surface area (Å²) in [6, 6.07) is 15.7. The first kappa shape index (κ1) is 20.2. The molecular formula is C23H30N2O3. The van der Waals surface area contributed by atoms with E-state index in [1.165, 1.54) is 24.8 Å². The molecule has 0 spiro atoms. The van der Waals surface area contributed by atoms with Gasteiger partial charge < -0.3 is 14.8 Å². The number of carbonyl (C=O) groups excluding carboxylic acids is 1. The molecule has 1 aliphatic heterocycles. The number of amides is 1. The van der Waals surface area contributed by atoms with Crippen LogP contribution in [-0.4, -0.2) is 44.2 Å². The number of nitrogens with zero attached hydrogens (tertiary/aromatic N) is 1. The normalized spacial score (nSPS) is 15.6. The Labute approximate surface area is 167 Å². The lowest BCUT2D eigenvalue weighted by molar-refractivity contribution is 0.0920. The van der Waals surface area contributed by atoms with E-state index in [1.54, 1.807) is 7.11 Å². The van der Waals surface area contributed by atoms with Gasteiger partial charge in [0.2, 0.25) is 0 Å². The van der Waals surface area contributed by atoms with Crippen LogP contribution in [0.15, 0.2) is 48.5 Å². The molecule has 1 saturated heterocycles. The summed E-state index contributed by atoms with van der Waals surface area (Å²) in [5.41, 5.74) is 1.78. The van der Waals surface area contributed by atoms with Gasteiger partial charge in [0.15, 0.2) is 0 Å². The number of hydrogen-bond acceptors (Lipinski definition) is 4. The summed E-state index contributed by atoms with van der Waals surface area (Å²) in [4.78, 5) is 15.3. The summed E-state index contributed by atoms with van der Waals surface area (Å²) in [7, 11) is 1.67. The molecule has 150 valence electrons. The van der Waals surface area contributed by atoms with Gasteiger partial charge >= 0.3 is 0 Å². The van der Waals surface area contributed by atoms with Gasteiger partial charge in [-0.1, -0.05) is 30.7 Å². The highest BCUT2D eigenvalue weighted by Crippen LogP contribution is 2.26. The standard InChI is InChI=1S/C23H30N2O3/c1-3-28-22-10-6-5-9-20(22)23(26)24-17-21(25-15-7-4-8-16-25)18-11-13-19(27-2)14-12-18/h5-6,9-14,21H,3-4,7-8,15-17H2,1-2H3,(H,24,26). The third-order valence-electron chi connectivity index (χ3n) is 5.22. The second-order valence-electron chi connectivity index (χ2n) is 7.02. The van der Waals surface area contributed by atoms with Crippen LogP contribution in [0.5, 0.6) is 11.5 Å². The summed E-state index contributed by atoms with van der Waals surface area (Å²) in [5, 5.41) is 3.13. The molecule has 1 unspecified atom stereocenters. The molecule has 0 saturated carbocycles. The molecule has 0 aromatic heterocycles. The van der Waals surface area contributed by atoms with E-state index in [1.807, 2.05) is 43.3 Å². The first-order chi connectivity index (χ1) is 13.7. The van der Waals surface area contributed by atoms with Crippen LogP contribution in [0.1, 0.15) is 48.1 Å². The molecule has 2 aromatic carbocycles. The Bertz CT molecular complexity index is 755. The number of likely N-dealkylation sites (tertiary alicyclic amines) is 1. The third-order valence-corrected chi connectivity index (χ3v) is 5.22. The molecule has 2 aromatic rings. The largest absolute Gasteiger partial charge is 0.497 e. The first-order valence-electron chi connectivity index (χ1n) is 10.1. The fourth-order valence-electron chi connectivity index (χ4n) is 3.73. The Balaban J connectivity index is 1.74. The summed E-state index contributed by atoms with van der Waals surface area (Å²) in [6.07, 6.45) is 3.68. The molecule has 28 heavy (non-hydrogen) atoms. The summed E-state index contributed by atoms with van der Waals surface area (Å²) in [6.45, 7) is 5.13. The highest BCUT2D eigenvalue weighted by atomic mass is 16.5. The van der Waals surface area contributed by atoms with Gasteiger partial charge in [-0.3, -0.25) is 9.69 Å². The van der Waals surface area contributed by atoms with Crippen molar-refractivity contribution in [3.05, 3.63) is 59.7 Å². The van der Waals surface area contributed by atoms with Gasteiger partial charge in [0.25, 0.3) is 5.91 Å². The molecule has 1 N–H and O–H groups in total. The second-order valence-corrected chi connectivity index (χ2v) is 7.02. The van der Waals surface area contributed by atoms with Crippen LogP contribution in [0.4, 0.5) is 0 Å². The fraction of sp³-hybridized carbons (Fsp3) is 0.435. The number of nitrogens with one attached hydrogen (secondary N) is 1. The van der Waals surface area contributed by atoms with Gasteiger partial charge in [-0.05, 0) is 62.7 Å². The minimum absolute atomic E-state index is 0.0976. The van der Waals surface area contributed by atoms with Crippen LogP contribution in [-0.2, 0) is 0 Å². The lowest BCUT2D eigenvalue weighted by atomic mass is 10.0. The van der Waals surface area contributed by atoms with Crippen molar-refractivity contribution in [2.45, 2.75) is 32.2 Å². The molecule has 1 atom stereocenters. The Hall–Kier alpha value is -2.53. The molecule has 1 fully saturated rings. The summed E-state index contributed by atoms with van der Waals surface area (Å²) >= 11 is 0. The predicted octanol–water partition coefficient (Wildman–Crippen LogP) is 4.05. The van der Waals surface area contributed by atoms with E-state index in [0.717, 1.165) is 18.8 Å². The molecule has 0 bridgehead atoms. The van der Waals surface area contributed by atoms with Crippen molar-refractivity contribution in [1.29, 1.82) is 0 Å². The number of ether oxygens (including phenoxy) is 2. The van der Waals surface area contributed by atoms with Crippen LogP contribution in [0, 0.1) is 0 Å². The quantitative estimate of drug-likeness (QED) is 0.748. The maximum atomic E-state index is 12.8. The predicted molar refractivity (Wildman–Crippen MR) is 111 cm³/mol. The van der Waals surface area contributed by atoms with Crippen molar-refractivity contribution < 1.29 is 14.3 Å². The zero-order valence-corrected chi connectivity index (χ0v) is 16.8. The third kappa shape index (κ3) is 5.04. The van der Waals surface area contributed by atoms with E-state index in [4.69, 9.17) is 9.47 Å². The monoisotopic (exact) mass is 382 g/mol. The number of benzene rings is 2. The molecule has 1 amide bonds. The molecule has 1 heterocycles.